The Hall–Kier alpha value is -2.70. The first-order chi connectivity index (χ1) is 9.51. The standard InChI is InChI=1S/C13H10FNO5/c1-19-9-5-3-7-2-4-8(14)13(12(7)15-9)20-11(18)6-10(16)17/h2-5H,6H2,1H3,(H,16,17). The number of rotatable bonds is 4. The van der Waals surface area contributed by atoms with Crippen molar-refractivity contribution in [2.24, 2.45) is 0 Å². The van der Waals surface area contributed by atoms with E-state index in [0.29, 0.717) is 5.39 Å². The summed E-state index contributed by atoms with van der Waals surface area (Å²) in [5, 5.41) is 9.03. The number of aliphatic carboxylic acids is 1. The molecule has 1 N–H and O–H groups in total. The van der Waals surface area contributed by atoms with Crippen LogP contribution in [-0.2, 0) is 9.59 Å². The van der Waals surface area contributed by atoms with Crippen molar-refractivity contribution in [1.82, 2.24) is 4.98 Å². The molecule has 2 rings (SSSR count). The van der Waals surface area contributed by atoms with Crippen molar-refractivity contribution >= 4 is 22.8 Å². The molecule has 0 radical (unpaired) electrons. The number of halogens is 1. The van der Waals surface area contributed by atoms with Crippen LogP contribution in [0.4, 0.5) is 4.39 Å². The Morgan fingerprint density at radius 1 is 1.30 bits per heavy atom. The molecule has 20 heavy (non-hydrogen) atoms. The van der Waals surface area contributed by atoms with Gasteiger partial charge in [-0.1, -0.05) is 0 Å². The maximum absolute atomic E-state index is 13.7. The first-order valence-corrected chi connectivity index (χ1v) is 5.57. The molecule has 6 nitrogen and oxygen atoms in total. The summed E-state index contributed by atoms with van der Waals surface area (Å²) in [5.74, 6) is -3.43. The Kier molecular flexibility index (Phi) is 3.79. The number of hydrogen-bond acceptors (Lipinski definition) is 5. The van der Waals surface area contributed by atoms with Crippen molar-refractivity contribution in [2.75, 3.05) is 7.11 Å². The molecule has 2 aromatic rings. The molecule has 104 valence electrons. The average Bonchev–Trinajstić information content (AvgIpc) is 2.40. The summed E-state index contributed by atoms with van der Waals surface area (Å²) in [6.45, 7) is 0. The predicted octanol–water partition coefficient (Wildman–Crippen LogP) is 1.76. The Morgan fingerprint density at radius 2 is 2.00 bits per heavy atom. The molecule has 1 heterocycles. The minimum absolute atomic E-state index is 0.0862. The average molecular weight is 279 g/mol. The van der Waals surface area contributed by atoms with E-state index in [1.807, 2.05) is 0 Å². The molecule has 0 bridgehead atoms. The highest BCUT2D eigenvalue weighted by molar-refractivity contribution is 5.93. The van der Waals surface area contributed by atoms with Gasteiger partial charge in [0.15, 0.2) is 11.6 Å². The summed E-state index contributed by atoms with van der Waals surface area (Å²) < 4.78 is 23.4. The van der Waals surface area contributed by atoms with Crippen molar-refractivity contribution in [1.29, 1.82) is 0 Å². The van der Waals surface area contributed by atoms with E-state index in [0.717, 1.165) is 6.07 Å². The SMILES string of the molecule is COc1ccc2ccc(F)c(OC(=O)CC(=O)O)c2n1. The van der Waals surface area contributed by atoms with Gasteiger partial charge in [-0.25, -0.2) is 9.37 Å². The Morgan fingerprint density at radius 3 is 2.65 bits per heavy atom. The van der Waals surface area contributed by atoms with Gasteiger partial charge in [-0.05, 0) is 18.2 Å². The quantitative estimate of drug-likeness (QED) is 0.521. The van der Waals surface area contributed by atoms with E-state index in [-0.39, 0.29) is 11.4 Å². The van der Waals surface area contributed by atoms with Gasteiger partial charge < -0.3 is 14.6 Å². The van der Waals surface area contributed by atoms with Crippen molar-refractivity contribution in [3.05, 3.63) is 30.1 Å². The third-order valence-electron chi connectivity index (χ3n) is 2.46. The van der Waals surface area contributed by atoms with Crippen LogP contribution in [-0.4, -0.2) is 29.1 Å². The molecular formula is C13H10FNO5. The molecule has 0 aliphatic rings. The van der Waals surface area contributed by atoms with Crippen LogP contribution in [0.15, 0.2) is 24.3 Å². The van der Waals surface area contributed by atoms with Crippen molar-refractivity contribution in [3.63, 3.8) is 0 Å². The number of esters is 1. The lowest BCUT2D eigenvalue weighted by Crippen LogP contribution is -2.14. The Balaban J connectivity index is 2.47. The molecule has 0 aliphatic carbocycles. The van der Waals surface area contributed by atoms with Crippen LogP contribution < -0.4 is 9.47 Å². The van der Waals surface area contributed by atoms with Crippen LogP contribution in [0.2, 0.25) is 0 Å². The number of carbonyl (C=O) groups excluding carboxylic acids is 1. The van der Waals surface area contributed by atoms with Crippen LogP contribution >= 0.6 is 0 Å². The molecule has 0 fully saturated rings. The molecule has 0 aliphatic heterocycles. The Labute approximate surface area is 112 Å². The lowest BCUT2D eigenvalue weighted by molar-refractivity contribution is -0.145. The number of hydrogen-bond donors (Lipinski definition) is 1. The highest BCUT2D eigenvalue weighted by Crippen LogP contribution is 2.29. The van der Waals surface area contributed by atoms with Crippen LogP contribution in [0.5, 0.6) is 11.6 Å². The Bertz CT molecular complexity index is 686. The predicted molar refractivity (Wildman–Crippen MR) is 66.1 cm³/mol. The zero-order chi connectivity index (χ0) is 14.7. The number of benzene rings is 1. The number of ether oxygens (including phenoxy) is 2. The van der Waals surface area contributed by atoms with Crippen LogP contribution in [0.1, 0.15) is 6.42 Å². The van der Waals surface area contributed by atoms with E-state index >= 15 is 0 Å². The fourth-order valence-electron chi connectivity index (χ4n) is 1.60. The van der Waals surface area contributed by atoms with E-state index < -0.39 is 29.9 Å². The molecule has 7 heteroatoms. The number of fused-ring (bicyclic) bond motifs is 1. The maximum atomic E-state index is 13.7. The van der Waals surface area contributed by atoms with Gasteiger partial charge in [-0.3, -0.25) is 9.59 Å². The van der Waals surface area contributed by atoms with E-state index in [1.165, 1.54) is 13.2 Å². The minimum atomic E-state index is -1.36. The smallest absolute Gasteiger partial charge is 0.322 e. The minimum Gasteiger partial charge on any atom is -0.481 e. The van der Waals surface area contributed by atoms with Gasteiger partial charge in [-0.2, -0.15) is 0 Å². The van der Waals surface area contributed by atoms with Crippen molar-refractivity contribution < 1.29 is 28.6 Å². The number of nitrogens with zero attached hydrogens (tertiary/aromatic N) is 1. The fourth-order valence-corrected chi connectivity index (χ4v) is 1.60. The highest BCUT2D eigenvalue weighted by Gasteiger charge is 2.17. The highest BCUT2D eigenvalue weighted by atomic mass is 19.1. The molecule has 1 aromatic carbocycles. The molecule has 0 atom stereocenters. The number of carboxylic acid groups (broad SMARTS) is 1. The number of carbonyl (C=O) groups is 2. The molecular weight excluding hydrogens is 269 g/mol. The lowest BCUT2D eigenvalue weighted by Gasteiger charge is -2.08. The lowest BCUT2D eigenvalue weighted by atomic mass is 10.2. The summed E-state index contributed by atoms with van der Waals surface area (Å²) in [6, 6.07) is 5.77. The van der Waals surface area contributed by atoms with Crippen LogP contribution in [0.25, 0.3) is 10.9 Å². The van der Waals surface area contributed by atoms with Gasteiger partial charge in [0.25, 0.3) is 0 Å². The fraction of sp³-hybridized carbons (Fsp3) is 0.154. The molecule has 0 unspecified atom stereocenters. The third kappa shape index (κ3) is 2.82. The second-order valence-electron chi connectivity index (χ2n) is 3.85. The number of carboxylic acids is 1. The number of pyridine rings is 1. The molecule has 0 amide bonds. The topological polar surface area (TPSA) is 85.7 Å². The maximum Gasteiger partial charge on any atom is 0.322 e. The molecule has 0 saturated heterocycles. The van der Waals surface area contributed by atoms with E-state index in [4.69, 9.17) is 14.6 Å². The van der Waals surface area contributed by atoms with Gasteiger partial charge in [0.2, 0.25) is 5.88 Å². The summed E-state index contributed by atoms with van der Waals surface area (Å²) in [7, 11) is 1.39. The van der Waals surface area contributed by atoms with Gasteiger partial charge in [-0.15, -0.1) is 0 Å². The van der Waals surface area contributed by atoms with Crippen LogP contribution in [0, 0.1) is 5.82 Å². The monoisotopic (exact) mass is 279 g/mol. The number of aromatic nitrogens is 1. The largest absolute Gasteiger partial charge is 0.481 e. The van der Waals surface area contributed by atoms with Gasteiger partial charge in [0.1, 0.15) is 11.9 Å². The third-order valence-corrected chi connectivity index (χ3v) is 2.46. The molecule has 1 aromatic heterocycles. The first kappa shape index (κ1) is 13.7. The van der Waals surface area contributed by atoms with Crippen LogP contribution in [0.3, 0.4) is 0 Å². The first-order valence-electron chi connectivity index (χ1n) is 5.57. The summed E-state index contributed by atoms with van der Waals surface area (Å²) >= 11 is 0. The second-order valence-corrected chi connectivity index (χ2v) is 3.85. The van der Waals surface area contributed by atoms with Gasteiger partial charge in [0, 0.05) is 11.5 Å². The normalized spacial score (nSPS) is 10.3. The molecule has 0 spiro atoms. The summed E-state index contributed by atoms with van der Waals surface area (Å²) in [5.41, 5.74) is 0.0862. The second kappa shape index (κ2) is 5.52. The zero-order valence-corrected chi connectivity index (χ0v) is 10.4. The van der Waals surface area contributed by atoms with Crippen molar-refractivity contribution in [2.45, 2.75) is 6.42 Å². The molecule has 0 saturated carbocycles. The summed E-state index contributed by atoms with van der Waals surface area (Å²) in [4.78, 5) is 25.8. The zero-order valence-electron chi connectivity index (χ0n) is 10.4. The van der Waals surface area contributed by atoms with E-state index in [2.05, 4.69) is 4.98 Å². The number of methoxy groups -OCH3 is 1. The van der Waals surface area contributed by atoms with Crippen molar-refractivity contribution in [3.8, 4) is 11.6 Å². The van der Waals surface area contributed by atoms with Gasteiger partial charge >= 0.3 is 11.9 Å². The van der Waals surface area contributed by atoms with Gasteiger partial charge in [0.05, 0.1) is 7.11 Å². The van der Waals surface area contributed by atoms with E-state index in [9.17, 15) is 14.0 Å². The summed E-state index contributed by atoms with van der Waals surface area (Å²) in [6.07, 6.45) is -0.861. The van der Waals surface area contributed by atoms with E-state index in [1.54, 1.807) is 12.1 Å².